The third-order valence-electron chi connectivity index (χ3n) is 3.82. The fraction of sp³-hybridized carbons (Fsp3) is 0.318. The summed E-state index contributed by atoms with van der Waals surface area (Å²) in [5, 5.41) is 3.86. The Kier molecular flexibility index (Phi) is 7.45. The Hall–Kier alpha value is -2.30. The monoisotopic (exact) mass is 385 g/mol. The van der Waals surface area contributed by atoms with Crippen molar-refractivity contribution in [1.29, 1.82) is 0 Å². The fourth-order valence-electron chi connectivity index (χ4n) is 2.37. The molecule has 0 fully saturated rings. The predicted molar refractivity (Wildman–Crippen MR) is 116 cm³/mol. The molecule has 27 heavy (non-hydrogen) atoms. The first kappa shape index (κ1) is 21.0. The van der Waals surface area contributed by atoms with Gasteiger partial charge in [-0.1, -0.05) is 41.9 Å². The Morgan fingerprint density at radius 3 is 2.59 bits per heavy atom. The van der Waals surface area contributed by atoms with E-state index in [4.69, 9.17) is 27.1 Å². The van der Waals surface area contributed by atoms with Crippen LogP contribution in [0, 0.1) is 0 Å². The van der Waals surface area contributed by atoms with Gasteiger partial charge >= 0.3 is 0 Å². The number of aliphatic imine (C=N–C) groups is 1. The average molecular weight is 386 g/mol. The Labute approximate surface area is 167 Å². The molecule has 0 atom stereocenters. The molecule has 0 aliphatic carbocycles. The molecule has 2 rings (SSSR count). The number of halogens is 1. The van der Waals surface area contributed by atoms with E-state index in [9.17, 15) is 0 Å². The molecule has 0 spiro atoms. The minimum Gasteiger partial charge on any atom is -0.400 e. The molecule has 4 nitrogen and oxygen atoms in total. The maximum absolute atomic E-state index is 6.27. The molecule has 0 aliphatic rings. The molecule has 144 valence electrons. The van der Waals surface area contributed by atoms with Gasteiger partial charge in [0.25, 0.3) is 0 Å². The van der Waals surface area contributed by atoms with Gasteiger partial charge in [0.15, 0.2) is 0 Å². The minimum atomic E-state index is -0.251. The fourth-order valence-corrected chi connectivity index (χ4v) is 2.56. The van der Waals surface area contributed by atoms with E-state index in [1.807, 2.05) is 82.4 Å². The van der Waals surface area contributed by atoms with Crippen LogP contribution in [0.4, 0.5) is 5.69 Å². The summed E-state index contributed by atoms with van der Waals surface area (Å²) in [7, 11) is 1.89. The first-order valence-corrected chi connectivity index (χ1v) is 9.32. The van der Waals surface area contributed by atoms with Crippen molar-refractivity contribution in [2.45, 2.75) is 32.9 Å². The van der Waals surface area contributed by atoms with Crippen LogP contribution in [0.25, 0.3) is 0 Å². The quantitative estimate of drug-likeness (QED) is 0.657. The molecule has 0 saturated carbocycles. The normalized spacial score (nSPS) is 12.9. The van der Waals surface area contributed by atoms with E-state index in [0.717, 1.165) is 22.5 Å². The third-order valence-corrected chi connectivity index (χ3v) is 4.19. The molecule has 3 N–H and O–H groups in total. The smallest absolute Gasteiger partial charge is 0.0868 e. The van der Waals surface area contributed by atoms with E-state index in [0.29, 0.717) is 23.9 Å². The summed E-state index contributed by atoms with van der Waals surface area (Å²) in [4.78, 5) is 4.78. The molecule has 0 bridgehead atoms. The first-order valence-electron chi connectivity index (χ1n) is 8.94. The van der Waals surface area contributed by atoms with Crippen molar-refractivity contribution in [1.82, 2.24) is 0 Å². The highest BCUT2D eigenvalue weighted by molar-refractivity contribution is 6.31. The van der Waals surface area contributed by atoms with Gasteiger partial charge in [0, 0.05) is 29.0 Å². The van der Waals surface area contributed by atoms with Gasteiger partial charge in [0.1, 0.15) is 0 Å². The molecule has 0 aliphatic heterocycles. The Morgan fingerprint density at radius 2 is 1.93 bits per heavy atom. The summed E-state index contributed by atoms with van der Waals surface area (Å²) < 4.78 is 5.77. The molecule has 0 radical (unpaired) electrons. The highest BCUT2D eigenvalue weighted by Crippen LogP contribution is 2.18. The van der Waals surface area contributed by atoms with Crippen LogP contribution in [-0.2, 0) is 11.3 Å². The number of nitrogens with zero attached hydrogens (tertiary/aromatic N) is 1. The minimum absolute atomic E-state index is 0.251. The summed E-state index contributed by atoms with van der Waals surface area (Å²) in [5.41, 5.74) is 10.3. The molecule has 0 unspecified atom stereocenters. The number of benzene rings is 2. The van der Waals surface area contributed by atoms with Gasteiger partial charge in [-0.25, -0.2) is 0 Å². The van der Waals surface area contributed by atoms with E-state index in [-0.39, 0.29) is 5.60 Å². The number of ether oxygens (including phenoxy) is 1. The van der Waals surface area contributed by atoms with E-state index in [1.54, 1.807) is 0 Å². The lowest BCUT2D eigenvalue weighted by atomic mass is 10.1. The number of rotatable bonds is 7. The van der Waals surface area contributed by atoms with Gasteiger partial charge in [-0.3, -0.25) is 4.99 Å². The molecule has 2 aromatic carbocycles. The van der Waals surface area contributed by atoms with Crippen LogP contribution in [0.1, 0.15) is 31.9 Å². The predicted octanol–water partition coefficient (Wildman–Crippen LogP) is 5.03. The first-order chi connectivity index (χ1) is 12.8. The van der Waals surface area contributed by atoms with Crippen molar-refractivity contribution in [2.24, 2.45) is 10.7 Å². The van der Waals surface area contributed by atoms with Gasteiger partial charge in [-0.15, -0.1) is 0 Å². The molecule has 2 aromatic rings. The highest BCUT2D eigenvalue weighted by Gasteiger charge is 2.11. The largest absolute Gasteiger partial charge is 0.400 e. The van der Waals surface area contributed by atoms with E-state index >= 15 is 0 Å². The van der Waals surface area contributed by atoms with Crippen molar-refractivity contribution < 1.29 is 4.74 Å². The zero-order chi connectivity index (χ0) is 19.9. The van der Waals surface area contributed by atoms with Crippen LogP contribution in [-0.4, -0.2) is 25.0 Å². The summed E-state index contributed by atoms with van der Waals surface area (Å²) in [6, 6.07) is 15.8. The number of nitrogens with one attached hydrogen (secondary N) is 1. The van der Waals surface area contributed by atoms with E-state index in [1.165, 1.54) is 0 Å². The van der Waals surface area contributed by atoms with Crippen molar-refractivity contribution in [3.8, 4) is 0 Å². The van der Waals surface area contributed by atoms with Crippen LogP contribution in [0.5, 0.6) is 0 Å². The number of allylic oxidation sites excluding steroid dienone is 1. The van der Waals surface area contributed by atoms with Crippen LogP contribution in [0.15, 0.2) is 65.3 Å². The van der Waals surface area contributed by atoms with E-state index in [2.05, 4.69) is 5.32 Å². The van der Waals surface area contributed by atoms with Crippen LogP contribution in [0.3, 0.4) is 0 Å². The van der Waals surface area contributed by atoms with Crippen molar-refractivity contribution in [3.63, 3.8) is 0 Å². The third kappa shape index (κ3) is 7.08. The summed E-state index contributed by atoms with van der Waals surface area (Å²) in [6.45, 7) is 6.83. The highest BCUT2D eigenvalue weighted by atomic mass is 35.5. The number of hydrogen-bond donors (Lipinski definition) is 2. The van der Waals surface area contributed by atoms with Gasteiger partial charge < -0.3 is 15.8 Å². The van der Waals surface area contributed by atoms with Gasteiger partial charge in [-0.2, -0.15) is 0 Å². The Bertz CT molecular complexity index is 822. The lowest BCUT2D eigenvalue weighted by Crippen LogP contribution is -2.23. The van der Waals surface area contributed by atoms with E-state index < -0.39 is 0 Å². The maximum atomic E-state index is 6.27. The standard InChI is InChI=1S/C22H28ClN3O/c1-22(2,3)27-15-18(24)13-21(16-9-7-10-19(12-16)25-4)26-14-17-8-5-6-11-20(17)23/h5-13,25H,14-15,24H2,1-4H3. The average Bonchev–Trinajstić information content (AvgIpc) is 2.64. The molecule has 0 saturated heterocycles. The molecule has 0 amide bonds. The van der Waals surface area contributed by atoms with Crippen LogP contribution < -0.4 is 11.1 Å². The van der Waals surface area contributed by atoms with Crippen LogP contribution in [0.2, 0.25) is 5.02 Å². The van der Waals surface area contributed by atoms with Gasteiger partial charge in [-0.05, 0) is 50.6 Å². The lowest BCUT2D eigenvalue weighted by Gasteiger charge is -2.19. The lowest BCUT2D eigenvalue weighted by molar-refractivity contribution is 0.0107. The van der Waals surface area contributed by atoms with Gasteiger partial charge in [0.2, 0.25) is 0 Å². The van der Waals surface area contributed by atoms with Gasteiger partial charge in [0.05, 0.1) is 24.5 Å². The van der Waals surface area contributed by atoms with Crippen LogP contribution >= 0.6 is 11.6 Å². The molecule has 0 heterocycles. The maximum Gasteiger partial charge on any atom is 0.0868 e. The summed E-state index contributed by atoms with van der Waals surface area (Å²) in [6.07, 6.45) is 1.87. The molecule has 5 heteroatoms. The second-order valence-electron chi connectivity index (χ2n) is 7.24. The topological polar surface area (TPSA) is 59.6 Å². The van der Waals surface area contributed by atoms with Crippen molar-refractivity contribution in [2.75, 3.05) is 19.0 Å². The zero-order valence-corrected chi connectivity index (χ0v) is 17.2. The van der Waals surface area contributed by atoms with Crippen molar-refractivity contribution in [3.05, 3.63) is 76.5 Å². The molecule has 0 aromatic heterocycles. The number of anilines is 1. The summed E-state index contributed by atoms with van der Waals surface area (Å²) in [5.74, 6) is 0. The molecular weight excluding hydrogens is 358 g/mol. The van der Waals surface area contributed by atoms with Crippen molar-refractivity contribution >= 4 is 23.0 Å². The SMILES string of the molecule is CNc1cccc(C(C=C(N)COC(C)(C)C)=NCc2ccccc2Cl)c1. The zero-order valence-electron chi connectivity index (χ0n) is 16.4. The second-order valence-corrected chi connectivity index (χ2v) is 7.65. The summed E-state index contributed by atoms with van der Waals surface area (Å²) >= 11 is 6.27. The number of nitrogens with two attached hydrogens (primary N) is 1. The molecular formula is C22H28ClN3O. The second kappa shape index (κ2) is 9.58. The Balaban J connectivity index is 2.32. The Morgan fingerprint density at radius 1 is 1.19 bits per heavy atom. The number of hydrogen-bond acceptors (Lipinski definition) is 4.